The fraction of sp³-hybridized carbons (Fsp3) is 0.286. The monoisotopic (exact) mass is 137 g/mol. The maximum absolute atomic E-state index is 4.02. The SMILES string of the molecule is C/C1=C/NC/N=C\C=C/N1. The van der Waals surface area contributed by atoms with Crippen LogP contribution in [0.1, 0.15) is 6.92 Å². The minimum atomic E-state index is 0.642. The Kier molecular flexibility index (Phi) is 2.55. The summed E-state index contributed by atoms with van der Waals surface area (Å²) in [6.45, 7) is 2.63. The molecule has 3 heteroatoms. The van der Waals surface area contributed by atoms with E-state index in [9.17, 15) is 0 Å². The second-order valence-corrected chi connectivity index (χ2v) is 2.02. The molecule has 0 saturated carbocycles. The van der Waals surface area contributed by atoms with Crippen LogP contribution in [-0.4, -0.2) is 12.9 Å². The van der Waals surface area contributed by atoms with Gasteiger partial charge in [-0.2, -0.15) is 0 Å². The van der Waals surface area contributed by atoms with Gasteiger partial charge < -0.3 is 10.6 Å². The highest BCUT2D eigenvalue weighted by Gasteiger charge is 1.82. The van der Waals surface area contributed by atoms with Crippen molar-refractivity contribution in [1.29, 1.82) is 0 Å². The molecule has 1 heterocycles. The number of rotatable bonds is 0. The second kappa shape index (κ2) is 3.71. The van der Waals surface area contributed by atoms with Crippen molar-refractivity contribution >= 4 is 6.21 Å². The van der Waals surface area contributed by atoms with E-state index >= 15 is 0 Å². The first-order valence-corrected chi connectivity index (χ1v) is 3.21. The van der Waals surface area contributed by atoms with Gasteiger partial charge in [-0.15, -0.1) is 0 Å². The molecule has 1 aliphatic heterocycles. The Morgan fingerprint density at radius 3 is 3.40 bits per heavy atom. The van der Waals surface area contributed by atoms with Crippen LogP contribution < -0.4 is 10.6 Å². The minimum absolute atomic E-state index is 0.642. The Bertz CT molecular complexity index is 179. The summed E-state index contributed by atoms with van der Waals surface area (Å²) in [6.07, 6.45) is 7.37. The van der Waals surface area contributed by atoms with Gasteiger partial charge in [0.2, 0.25) is 0 Å². The van der Waals surface area contributed by atoms with Crippen LogP contribution in [-0.2, 0) is 0 Å². The number of nitrogens with zero attached hydrogens (tertiary/aromatic N) is 1. The third-order valence-corrected chi connectivity index (χ3v) is 1.10. The Balaban J connectivity index is 2.54. The van der Waals surface area contributed by atoms with Crippen molar-refractivity contribution in [2.75, 3.05) is 6.67 Å². The first kappa shape index (κ1) is 6.86. The van der Waals surface area contributed by atoms with Gasteiger partial charge in [0, 0.05) is 24.3 Å². The maximum Gasteiger partial charge on any atom is 0.107 e. The van der Waals surface area contributed by atoms with E-state index in [0.29, 0.717) is 6.67 Å². The van der Waals surface area contributed by atoms with Crippen LogP contribution in [0.15, 0.2) is 29.2 Å². The fourth-order valence-electron chi connectivity index (χ4n) is 0.629. The number of allylic oxidation sites excluding steroid dienone is 2. The lowest BCUT2D eigenvalue weighted by Gasteiger charge is -1.98. The molecule has 0 aliphatic carbocycles. The lowest BCUT2D eigenvalue weighted by molar-refractivity contribution is 0.866. The van der Waals surface area contributed by atoms with E-state index in [4.69, 9.17) is 0 Å². The molecule has 0 saturated heterocycles. The van der Waals surface area contributed by atoms with E-state index in [1.807, 2.05) is 25.4 Å². The van der Waals surface area contributed by atoms with Crippen LogP contribution >= 0.6 is 0 Å². The number of hydrogen-bond acceptors (Lipinski definition) is 3. The topological polar surface area (TPSA) is 36.4 Å². The maximum atomic E-state index is 4.02. The summed E-state index contributed by atoms with van der Waals surface area (Å²) in [7, 11) is 0. The summed E-state index contributed by atoms with van der Waals surface area (Å²) in [6, 6.07) is 0. The second-order valence-electron chi connectivity index (χ2n) is 2.02. The molecule has 0 aromatic rings. The van der Waals surface area contributed by atoms with Crippen molar-refractivity contribution in [2.45, 2.75) is 6.92 Å². The van der Waals surface area contributed by atoms with E-state index in [0.717, 1.165) is 5.70 Å². The lowest BCUT2D eigenvalue weighted by Crippen LogP contribution is -2.09. The summed E-state index contributed by atoms with van der Waals surface area (Å²) >= 11 is 0. The molecule has 0 radical (unpaired) electrons. The van der Waals surface area contributed by atoms with E-state index in [-0.39, 0.29) is 0 Å². The van der Waals surface area contributed by atoms with Crippen molar-refractivity contribution in [3.63, 3.8) is 0 Å². The van der Waals surface area contributed by atoms with Crippen molar-refractivity contribution in [1.82, 2.24) is 10.6 Å². The lowest BCUT2D eigenvalue weighted by atomic mass is 10.5. The normalized spacial score (nSPS) is 29.1. The summed E-state index contributed by atoms with van der Waals surface area (Å²) in [5.74, 6) is 0. The molecule has 0 atom stereocenters. The summed E-state index contributed by atoms with van der Waals surface area (Å²) in [5.41, 5.74) is 1.08. The average Bonchev–Trinajstić information content (AvgIpc) is 2.02. The zero-order chi connectivity index (χ0) is 7.23. The number of nitrogens with one attached hydrogen (secondary N) is 2. The molecule has 3 nitrogen and oxygen atoms in total. The summed E-state index contributed by atoms with van der Waals surface area (Å²) < 4.78 is 0. The molecule has 0 fully saturated rings. The van der Waals surface area contributed by atoms with Crippen LogP contribution in [0.5, 0.6) is 0 Å². The molecule has 0 aromatic heterocycles. The van der Waals surface area contributed by atoms with Crippen LogP contribution in [0, 0.1) is 0 Å². The van der Waals surface area contributed by atoms with Crippen LogP contribution in [0.2, 0.25) is 0 Å². The molecule has 0 bridgehead atoms. The molecule has 2 N–H and O–H groups in total. The van der Waals surface area contributed by atoms with Crippen LogP contribution in [0.25, 0.3) is 0 Å². The van der Waals surface area contributed by atoms with Gasteiger partial charge in [0.05, 0.1) is 0 Å². The largest absolute Gasteiger partial charge is 0.371 e. The zero-order valence-electron chi connectivity index (χ0n) is 5.96. The summed E-state index contributed by atoms with van der Waals surface area (Å²) in [4.78, 5) is 4.02. The van der Waals surface area contributed by atoms with Gasteiger partial charge in [-0.25, -0.2) is 0 Å². The number of hydrogen-bond donors (Lipinski definition) is 2. The molecule has 1 aliphatic rings. The Hall–Kier alpha value is -1.25. The van der Waals surface area contributed by atoms with Gasteiger partial charge in [-0.1, -0.05) is 0 Å². The smallest absolute Gasteiger partial charge is 0.107 e. The van der Waals surface area contributed by atoms with Crippen molar-refractivity contribution in [3.05, 3.63) is 24.2 Å². The highest BCUT2D eigenvalue weighted by atomic mass is 15.0. The van der Waals surface area contributed by atoms with Crippen molar-refractivity contribution in [3.8, 4) is 0 Å². The molecule has 0 amide bonds. The predicted molar refractivity (Wildman–Crippen MR) is 42.5 cm³/mol. The fourth-order valence-corrected chi connectivity index (χ4v) is 0.629. The molecule has 0 spiro atoms. The molecule has 0 unspecified atom stereocenters. The van der Waals surface area contributed by atoms with Crippen molar-refractivity contribution in [2.24, 2.45) is 4.99 Å². The standard InChI is InChI=1S/C7H11N3/c1-7-5-9-6-8-3-2-4-10-7/h2-5,9-10H,6H2,1H3/b4-2-,7-5-,8-3-. The quantitative estimate of drug-likeness (QED) is 0.512. The van der Waals surface area contributed by atoms with Gasteiger partial charge in [0.15, 0.2) is 0 Å². The molecular formula is C7H11N3. The van der Waals surface area contributed by atoms with Crippen LogP contribution in [0.4, 0.5) is 0 Å². The number of aliphatic imine (C=N–C) groups is 1. The van der Waals surface area contributed by atoms with E-state index in [1.165, 1.54) is 0 Å². The minimum Gasteiger partial charge on any atom is -0.371 e. The first-order valence-electron chi connectivity index (χ1n) is 3.21. The van der Waals surface area contributed by atoms with Crippen LogP contribution in [0.3, 0.4) is 0 Å². The molecule has 10 heavy (non-hydrogen) atoms. The summed E-state index contributed by atoms with van der Waals surface area (Å²) in [5, 5.41) is 6.07. The average molecular weight is 137 g/mol. The first-order chi connectivity index (χ1) is 4.89. The van der Waals surface area contributed by atoms with Gasteiger partial charge >= 0.3 is 0 Å². The Morgan fingerprint density at radius 2 is 2.50 bits per heavy atom. The predicted octanol–water partition coefficient (Wildman–Crippen LogP) is 0.583. The van der Waals surface area contributed by atoms with Gasteiger partial charge in [0.25, 0.3) is 0 Å². The van der Waals surface area contributed by atoms with E-state index < -0.39 is 0 Å². The third kappa shape index (κ3) is 2.35. The zero-order valence-corrected chi connectivity index (χ0v) is 5.96. The Morgan fingerprint density at radius 1 is 1.60 bits per heavy atom. The molecule has 1 rings (SSSR count). The molecule has 0 aromatic carbocycles. The highest BCUT2D eigenvalue weighted by Crippen LogP contribution is 1.84. The Labute approximate surface area is 60.5 Å². The van der Waals surface area contributed by atoms with E-state index in [1.54, 1.807) is 6.21 Å². The third-order valence-electron chi connectivity index (χ3n) is 1.10. The molecular weight excluding hydrogens is 126 g/mol. The highest BCUT2D eigenvalue weighted by molar-refractivity contribution is 5.70. The van der Waals surface area contributed by atoms with Crippen molar-refractivity contribution < 1.29 is 0 Å². The molecule has 54 valence electrons. The van der Waals surface area contributed by atoms with Gasteiger partial charge in [-0.05, 0) is 13.0 Å². The van der Waals surface area contributed by atoms with Gasteiger partial charge in [-0.3, -0.25) is 4.99 Å². The van der Waals surface area contributed by atoms with Gasteiger partial charge in [0.1, 0.15) is 6.67 Å². The van der Waals surface area contributed by atoms with E-state index in [2.05, 4.69) is 15.6 Å².